The fourth-order valence-corrected chi connectivity index (χ4v) is 3.91. The van der Waals surface area contributed by atoms with Crippen LogP contribution >= 0.6 is 24.0 Å². The van der Waals surface area contributed by atoms with Gasteiger partial charge in [-0.05, 0) is 38.5 Å². The Labute approximate surface area is 130 Å². The van der Waals surface area contributed by atoms with E-state index >= 15 is 0 Å². The minimum atomic E-state index is 0.313. The summed E-state index contributed by atoms with van der Waals surface area (Å²) in [6.07, 6.45) is 7.31. The number of hydrogen-bond donors (Lipinski definition) is 2. The topological polar surface area (TPSA) is 63.8 Å². The first kappa shape index (κ1) is 15.5. The number of hydrogen-bond acceptors (Lipinski definition) is 5. The lowest BCUT2D eigenvalue weighted by atomic mass is 10.1. The predicted octanol–water partition coefficient (Wildman–Crippen LogP) is 2.82. The summed E-state index contributed by atoms with van der Waals surface area (Å²) in [5.74, 6) is 0.723. The van der Waals surface area contributed by atoms with Crippen LogP contribution in [0.15, 0.2) is 0 Å². The molecule has 1 heterocycles. The van der Waals surface area contributed by atoms with E-state index < -0.39 is 0 Å². The van der Waals surface area contributed by atoms with Gasteiger partial charge in [-0.25, -0.2) is 0 Å². The van der Waals surface area contributed by atoms with Crippen molar-refractivity contribution >= 4 is 34.8 Å². The van der Waals surface area contributed by atoms with Gasteiger partial charge >= 0.3 is 0 Å². The van der Waals surface area contributed by atoms with Gasteiger partial charge in [0.05, 0.1) is 11.3 Å². The van der Waals surface area contributed by atoms with Gasteiger partial charge in [-0.1, -0.05) is 25.1 Å². The van der Waals surface area contributed by atoms with E-state index in [1.807, 2.05) is 25.6 Å². The second kappa shape index (κ2) is 6.26. The van der Waals surface area contributed by atoms with Crippen molar-refractivity contribution in [3.05, 3.63) is 16.8 Å². The Morgan fingerprint density at radius 1 is 1.35 bits per heavy atom. The first-order valence-corrected chi connectivity index (χ1v) is 8.55. The van der Waals surface area contributed by atoms with Crippen molar-refractivity contribution < 1.29 is 0 Å². The molecule has 1 aromatic rings. The quantitative estimate of drug-likeness (QED) is 0.815. The highest BCUT2D eigenvalue weighted by Crippen LogP contribution is 2.40. The molecule has 0 aromatic carbocycles. The van der Waals surface area contributed by atoms with Crippen molar-refractivity contribution in [3.8, 4) is 0 Å². The smallest absolute Gasteiger partial charge is 0.159 e. The minimum Gasteiger partial charge on any atom is -0.389 e. The number of nitrogens with one attached hydrogen (secondary N) is 1. The fourth-order valence-electron chi connectivity index (χ4n) is 2.75. The summed E-state index contributed by atoms with van der Waals surface area (Å²) in [7, 11) is 0. The lowest BCUT2D eigenvalue weighted by molar-refractivity contribution is 0.637. The maximum Gasteiger partial charge on any atom is 0.159 e. The Morgan fingerprint density at radius 3 is 2.55 bits per heavy atom. The number of rotatable bonds is 5. The van der Waals surface area contributed by atoms with Gasteiger partial charge in [0, 0.05) is 11.3 Å². The molecule has 0 unspecified atom stereocenters. The normalized spacial score (nSPS) is 17.1. The molecular weight excluding hydrogens is 288 g/mol. The summed E-state index contributed by atoms with van der Waals surface area (Å²) >= 11 is 7.11. The van der Waals surface area contributed by atoms with Crippen LogP contribution in [0.2, 0.25) is 0 Å². The molecule has 1 fully saturated rings. The van der Waals surface area contributed by atoms with Crippen LogP contribution in [0, 0.1) is 13.8 Å². The molecule has 110 valence electrons. The van der Waals surface area contributed by atoms with Gasteiger partial charge in [0.15, 0.2) is 5.82 Å². The molecule has 6 heteroatoms. The van der Waals surface area contributed by atoms with Crippen LogP contribution in [0.3, 0.4) is 0 Å². The molecule has 0 bridgehead atoms. The summed E-state index contributed by atoms with van der Waals surface area (Å²) in [4.78, 5) is 0.382. The summed E-state index contributed by atoms with van der Waals surface area (Å²) < 4.78 is 0.313. The number of aryl methyl sites for hydroxylation is 1. The van der Waals surface area contributed by atoms with Gasteiger partial charge in [-0.2, -0.15) is 16.9 Å². The van der Waals surface area contributed by atoms with Gasteiger partial charge in [0.1, 0.15) is 4.99 Å². The van der Waals surface area contributed by atoms with Crippen LogP contribution in [0.4, 0.5) is 5.82 Å². The molecule has 2 rings (SSSR count). The molecule has 20 heavy (non-hydrogen) atoms. The molecule has 3 N–H and O–H groups in total. The van der Waals surface area contributed by atoms with Crippen molar-refractivity contribution in [3.63, 3.8) is 0 Å². The van der Waals surface area contributed by atoms with Crippen LogP contribution in [0.5, 0.6) is 0 Å². The van der Waals surface area contributed by atoms with Gasteiger partial charge in [0.25, 0.3) is 0 Å². The first-order chi connectivity index (χ1) is 9.49. The number of anilines is 1. The lowest BCUT2D eigenvalue weighted by Gasteiger charge is -2.27. The van der Waals surface area contributed by atoms with E-state index in [1.54, 1.807) is 0 Å². The van der Waals surface area contributed by atoms with E-state index in [9.17, 15) is 0 Å². The summed E-state index contributed by atoms with van der Waals surface area (Å²) in [6, 6.07) is 0. The Hall–Kier alpha value is -0.880. The van der Waals surface area contributed by atoms with Crippen molar-refractivity contribution in [2.75, 3.05) is 18.1 Å². The Kier molecular flexibility index (Phi) is 4.86. The van der Waals surface area contributed by atoms with Crippen LogP contribution in [0.25, 0.3) is 0 Å². The van der Waals surface area contributed by atoms with Crippen molar-refractivity contribution in [2.45, 2.75) is 44.3 Å². The van der Waals surface area contributed by atoms with Gasteiger partial charge < -0.3 is 11.1 Å². The molecular formula is C14H22N4S2. The fraction of sp³-hybridized carbons (Fsp3) is 0.643. The zero-order valence-corrected chi connectivity index (χ0v) is 14.0. The standard InChI is InChI=1S/C14H22N4S2/c1-9-10(2)17-18-13(11(9)12(15)19)16-8-14(20-3)6-4-5-7-14/h4-8H2,1-3H3,(H2,15,19)(H,16,18). The highest BCUT2D eigenvalue weighted by atomic mass is 32.2. The van der Waals surface area contributed by atoms with Crippen LogP contribution in [-0.4, -0.2) is 32.7 Å². The first-order valence-electron chi connectivity index (χ1n) is 6.92. The minimum absolute atomic E-state index is 0.313. The van der Waals surface area contributed by atoms with Gasteiger partial charge in [-0.15, -0.1) is 5.10 Å². The number of thiocarbonyl (C=S) groups is 1. The molecule has 0 aliphatic heterocycles. The van der Waals surface area contributed by atoms with Crippen molar-refractivity contribution in [2.24, 2.45) is 5.73 Å². The molecule has 1 saturated carbocycles. The van der Waals surface area contributed by atoms with Crippen LogP contribution < -0.4 is 11.1 Å². The third-order valence-corrected chi connectivity index (χ3v) is 5.85. The second-order valence-electron chi connectivity index (χ2n) is 5.45. The van der Waals surface area contributed by atoms with E-state index in [-0.39, 0.29) is 0 Å². The Morgan fingerprint density at radius 2 is 2.00 bits per heavy atom. The monoisotopic (exact) mass is 310 g/mol. The molecule has 1 aliphatic rings. The molecule has 0 amide bonds. The van der Waals surface area contributed by atoms with Crippen LogP contribution in [0.1, 0.15) is 42.5 Å². The number of aromatic nitrogens is 2. The zero-order valence-electron chi connectivity index (χ0n) is 12.3. The van der Waals surface area contributed by atoms with E-state index in [0.29, 0.717) is 9.74 Å². The molecule has 0 spiro atoms. The molecule has 1 aliphatic carbocycles. The van der Waals surface area contributed by atoms with Gasteiger partial charge in [0.2, 0.25) is 0 Å². The molecule has 1 aromatic heterocycles. The largest absolute Gasteiger partial charge is 0.389 e. The Balaban J connectivity index is 2.21. The van der Waals surface area contributed by atoms with E-state index in [0.717, 1.165) is 29.2 Å². The summed E-state index contributed by atoms with van der Waals surface area (Å²) in [6.45, 7) is 4.80. The summed E-state index contributed by atoms with van der Waals surface area (Å²) in [5, 5.41) is 11.9. The zero-order chi connectivity index (χ0) is 14.8. The molecule has 0 saturated heterocycles. The third kappa shape index (κ3) is 3.06. The summed E-state index contributed by atoms with van der Waals surface area (Å²) in [5.41, 5.74) is 8.57. The maximum absolute atomic E-state index is 5.85. The maximum atomic E-state index is 5.85. The van der Waals surface area contributed by atoms with Gasteiger partial charge in [-0.3, -0.25) is 0 Å². The van der Waals surface area contributed by atoms with E-state index in [1.165, 1.54) is 25.7 Å². The van der Waals surface area contributed by atoms with Crippen LogP contribution in [-0.2, 0) is 0 Å². The van der Waals surface area contributed by atoms with E-state index in [4.69, 9.17) is 18.0 Å². The third-order valence-electron chi connectivity index (χ3n) is 4.23. The average molecular weight is 310 g/mol. The highest BCUT2D eigenvalue weighted by Gasteiger charge is 2.33. The number of nitrogens with zero attached hydrogens (tertiary/aromatic N) is 2. The molecule has 0 atom stereocenters. The second-order valence-corrected chi connectivity index (χ2v) is 7.16. The predicted molar refractivity (Wildman–Crippen MR) is 90.6 cm³/mol. The molecule has 4 nitrogen and oxygen atoms in total. The van der Waals surface area contributed by atoms with Crippen molar-refractivity contribution in [1.29, 1.82) is 0 Å². The average Bonchev–Trinajstić information content (AvgIpc) is 2.89. The molecule has 0 radical (unpaired) electrons. The number of thioether (sulfide) groups is 1. The Bertz CT molecular complexity index is 510. The van der Waals surface area contributed by atoms with E-state index in [2.05, 4.69) is 21.8 Å². The SMILES string of the molecule is CSC1(CNc2nnc(C)c(C)c2C(N)=S)CCCC1. The number of nitrogens with two attached hydrogens (primary N) is 1. The lowest BCUT2D eigenvalue weighted by Crippen LogP contribution is -2.31. The van der Waals surface area contributed by atoms with Crippen molar-refractivity contribution in [1.82, 2.24) is 10.2 Å². The highest BCUT2D eigenvalue weighted by molar-refractivity contribution is 8.00.